The number of aliphatic hydroxyl groups excluding tert-OH is 1. The topological polar surface area (TPSA) is 93.1 Å². The molecule has 1 aliphatic heterocycles. The van der Waals surface area contributed by atoms with Crippen LogP contribution >= 0.6 is 0 Å². The smallest absolute Gasteiger partial charge is 0.338 e. The Hall–Kier alpha value is -1.92. The molecule has 2 saturated carbocycles. The molecule has 152 valence electrons. The van der Waals surface area contributed by atoms with Gasteiger partial charge in [0.25, 0.3) is 0 Å². The van der Waals surface area contributed by atoms with Crippen molar-refractivity contribution in [1.82, 2.24) is 0 Å². The number of hydrogen-bond donors (Lipinski definition) is 2. The van der Waals surface area contributed by atoms with Gasteiger partial charge in [-0.2, -0.15) is 0 Å². The van der Waals surface area contributed by atoms with Crippen LogP contribution in [0, 0.1) is 22.7 Å². The molecule has 1 heterocycles. The van der Waals surface area contributed by atoms with Crippen LogP contribution in [-0.2, 0) is 14.3 Å². The van der Waals surface area contributed by atoms with Crippen LogP contribution in [0.1, 0.15) is 50.4 Å². The molecule has 0 aromatic heterocycles. The molecule has 0 amide bonds. The fraction of sp³-hybridized carbons (Fsp3) is 0.636. The Bertz CT molecular complexity index is 793. The molecule has 1 saturated heterocycles. The molecule has 3 aliphatic rings. The summed E-state index contributed by atoms with van der Waals surface area (Å²) >= 11 is 0. The molecule has 0 radical (unpaired) electrons. The van der Waals surface area contributed by atoms with Crippen molar-refractivity contribution in [3.8, 4) is 0 Å². The quantitative estimate of drug-likeness (QED) is 0.772. The molecule has 2 aliphatic carbocycles. The molecule has 0 unspecified atom stereocenters. The molecule has 4 rings (SSSR count). The van der Waals surface area contributed by atoms with Gasteiger partial charge >= 0.3 is 11.9 Å². The number of esters is 2. The number of hydrogen-bond acceptors (Lipinski definition) is 6. The summed E-state index contributed by atoms with van der Waals surface area (Å²) in [5, 5.41) is 22.9. The van der Waals surface area contributed by atoms with Gasteiger partial charge in [-0.1, -0.05) is 39.0 Å². The van der Waals surface area contributed by atoms with Gasteiger partial charge in [-0.3, -0.25) is 4.79 Å². The Morgan fingerprint density at radius 2 is 1.96 bits per heavy atom. The lowest BCUT2D eigenvalue weighted by molar-refractivity contribution is -0.292. The van der Waals surface area contributed by atoms with Gasteiger partial charge in [0, 0.05) is 16.7 Å². The SMILES string of the molecule is C[C@@H]1C[C@H](O)[C@@]2(O)[C@]13CC(=O)O[C@H](C3)[C@@H](C)[C@@]2(C)COC(=O)c1ccccc1. The Labute approximate surface area is 164 Å². The van der Waals surface area contributed by atoms with Gasteiger partial charge in [-0.05, 0) is 30.9 Å². The number of carbonyl (C=O) groups excluding carboxylic acids is 2. The highest BCUT2D eigenvalue weighted by Gasteiger charge is 2.76. The lowest BCUT2D eigenvalue weighted by Gasteiger charge is -2.64. The Kier molecular flexibility index (Phi) is 4.36. The van der Waals surface area contributed by atoms with Crippen LogP contribution in [0.3, 0.4) is 0 Å². The molecule has 1 spiro atoms. The van der Waals surface area contributed by atoms with E-state index in [4.69, 9.17) is 9.47 Å². The molecular formula is C22H28O6. The van der Waals surface area contributed by atoms with Crippen molar-refractivity contribution >= 4 is 11.9 Å². The van der Waals surface area contributed by atoms with Crippen LogP contribution in [0.15, 0.2) is 30.3 Å². The molecule has 3 fully saturated rings. The summed E-state index contributed by atoms with van der Waals surface area (Å²) in [6, 6.07) is 8.69. The van der Waals surface area contributed by atoms with Crippen LogP contribution in [0.25, 0.3) is 0 Å². The molecular weight excluding hydrogens is 360 g/mol. The van der Waals surface area contributed by atoms with E-state index in [1.54, 1.807) is 24.3 Å². The van der Waals surface area contributed by atoms with Crippen molar-refractivity contribution < 1.29 is 29.3 Å². The first-order valence-corrected chi connectivity index (χ1v) is 9.98. The second-order valence-corrected chi connectivity index (χ2v) is 9.13. The average Bonchev–Trinajstić information content (AvgIpc) is 2.86. The van der Waals surface area contributed by atoms with E-state index < -0.39 is 28.5 Å². The minimum absolute atomic E-state index is 0.0421. The van der Waals surface area contributed by atoms with Crippen molar-refractivity contribution in [3.05, 3.63) is 35.9 Å². The molecule has 1 aromatic carbocycles. The Morgan fingerprint density at radius 1 is 1.29 bits per heavy atom. The first-order valence-electron chi connectivity index (χ1n) is 9.98. The van der Waals surface area contributed by atoms with Crippen LogP contribution in [0.5, 0.6) is 0 Å². The van der Waals surface area contributed by atoms with E-state index in [1.807, 2.05) is 26.8 Å². The third kappa shape index (κ3) is 2.34. The van der Waals surface area contributed by atoms with Crippen LogP contribution in [-0.4, -0.2) is 46.6 Å². The summed E-state index contributed by atoms with van der Waals surface area (Å²) in [5.41, 5.74) is -2.83. The second-order valence-electron chi connectivity index (χ2n) is 9.13. The maximum atomic E-state index is 12.5. The Balaban J connectivity index is 1.70. The molecule has 6 heteroatoms. The normalized spacial score (nSPS) is 44.5. The van der Waals surface area contributed by atoms with Gasteiger partial charge < -0.3 is 19.7 Å². The van der Waals surface area contributed by atoms with Gasteiger partial charge in [-0.25, -0.2) is 4.79 Å². The zero-order chi connectivity index (χ0) is 20.3. The predicted molar refractivity (Wildman–Crippen MR) is 100 cm³/mol. The number of benzene rings is 1. The third-order valence-corrected chi connectivity index (χ3v) is 8.02. The van der Waals surface area contributed by atoms with Crippen LogP contribution in [0.2, 0.25) is 0 Å². The summed E-state index contributed by atoms with van der Waals surface area (Å²) in [6.45, 7) is 5.66. The van der Waals surface area contributed by atoms with E-state index in [-0.39, 0.29) is 36.9 Å². The van der Waals surface area contributed by atoms with Crippen molar-refractivity contribution in [2.45, 2.75) is 57.8 Å². The highest BCUT2D eigenvalue weighted by atomic mass is 16.6. The first kappa shape index (κ1) is 19.4. The zero-order valence-electron chi connectivity index (χ0n) is 16.6. The zero-order valence-corrected chi connectivity index (χ0v) is 16.6. The van der Waals surface area contributed by atoms with Crippen LogP contribution < -0.4 is 0 Å². The molecule has 2 bridgehead atoms. The fourth-order valence-electron chi connectivity index (χ4n) is 6.15. The summed E-state index contributed by atoms with van der Waals surface area (Å²) in [6.07, 6.45) is -0.345. The van der Waals surface area contributed by atoms with Gasteiger partial charge in [0.2, 0.25) is 0 Å². The maximum Gasteiger partial charge on any atom is 0.338 e. The number of fused-ring (bicyclic) bond motifs is 1. The highest BCUT2D eigenvalue weighted by Crippen LogP contribution is 2.69. The number of aliphatic hydroxyl groups is 2. The molecule has 6 nitrogen and oxygen atoms in total. The third-order valence-electron chi connectivity index (χ3n) is 8.02. The fourth-order valence-corrected chi connectivity index (χ4v) is 6.15. The van der Waals surface area contributed by atoms with Crippen molar-refractivity contribution in [3.63, 3.8) is 0 Å². The summed E-state index contributed by atoms with van der Waals surface area (Å²) in [5.74, 6) is -1.12. The molecule has 7 atom stereocenters. The van der Waals surface area contributed by atoms with Gasteiger partial charge in [0.1, 0.15) is 18.3 Å². The summed E-state index contributed by atoms with van der Waals surface area (Å²) in [4.78, 5) is 24.8. The Morgan fingerprint density at radius 3 is 2.64 bits per heavy atom. The monoisotopic (exact) mass is 388 g/mol. The van der Waals surface area contributed by atoms with E-state index in [0.29, 0.717) is 18.4 Å². The summed E-state index contributed by atoms with van der Waals surface area (Å²) in [7, 11) is 0. The number of carbonyl (C=O) groups is 2. The highest BCUT2D eigenvalue weighted by molar-refractivity contribution is 5.89. The lowest BCUT2D eigenvalue weighted by atomic mass is 9.46. The predicted octanol–water partition coefficient (Wildman–Crippen LogP) is 2.32. The minimum atomic E-state index is -1.54. The summed E-state index contributed by atoms with van der Waals surface area (Å²) < 4.78 is 11.3. The lowest BCUT2D eigenvalue weighted by Crippen LogP contribution is -2.73. The average molecular weight is 388 g/mol. The van der Waals surface area contributed by atoms with Crippen molar-refractivity contribution in [1.29, 1.82) is 0 Å². The van der Waals surface area contributed by atoms with Gasteiger partial charge in [0.15, 0.2) is 0 Å². The van der Waals surface area contributed by atoms with E-state index in [1.165, 1.54) is 0 Å². The number of ether oxygens (including phenoxy) is 2. The largest absolute Gasteiger partial charge is 0.462 e. The van der Waals surface area contributed by atoms with Crippen molar-refractivity contribution in [2.24, 2.45) is 22.7 Å². The maximum absolute atomic E-state index is 12.5. The van der Waals surface area contributed by atoms with E-state index >= 15 is 0 Å². The molecule has 28 heavy (non-hydrogen) atoms. The minimum Gasteiger partial charge on any atom is -0.462 e. The molecule has 2 N–H and O–H groups in total. The molecule has 1 aromatic rings. The van der Waals surface area contributed by atoms with Gasteiger partial charge in [0.05, 0.1) is 18.1 Å². The standard InChI is InChI=1S/C22H28O6/c1-13-9-17(23)22(26)20(3,12-27-19(25)15-7-5-4-6-8-15)14(2)16-10-21(13,22)11-18(24)28-16/h4-8,13-14,16-17,23,26H,9-12H2,1-3H3/t13-,14-,16-,17+,20-,21-,22+/m1/s1. The second kappa shape index (κ2) is 6.29. The van der Waals surface area contributed by atoms with E-state index in [0.717, 1.165) is 0 Å². The van der Waals surface area contributed by atoms with Crippen molar-refractivity contribution in [2.75, 3.05) is 6.61 Å². The first-order chi connectivity index (χ1) is 13.2. The van der Waals surface area contributed by atoms with E-state index in [9.17, 15) is 19.8 Å². The number of rotatable bonds is 3. The van der Waals surface area contributed by atoms with E-state index in [2.05, 4.69) is 0 Å². The van der Waals surface area contributed by atoms with Gasteiger partial charge in [-0.15, -0.1) is 0 Å². The van der Waals surface area contributed by atoms with Crippen LogP contribution in [0.4, 0.5) is 0 Å².